The highest BCUT2D eigenvalue weighted by Gasteiger charge is 2.13. The van der Waals surface area contributed by atoms with E-state index in [0.717, 1.165) is 11.9 Å². The fraction of sp³-hybridized carbons (Fsp3) is 0.176. The number of fused-ring (bicyclic) bond motifs is 1. The minimum absolute atomic E-state index is 0.269. The van der Waals surface area contributed by atoms with Gasteiger partial charge in [-0.05, 0) is 48.9 Å². The Hall–Kier alpha value is -2.26. The number of rotatable bonds is 4. The van der Waals surface area contributed by atoms with E-state index in [0.29, 0.717) is 0 Å². The molecule has 2 heterocycles. The Morgan fingerprint density at radius 2 is 1.85 bits per heavy atom. The highest BCUT2D eigenvalue weighted by Crippen LogP contribution is 2.25. The zero-order valence-corrected chi connectivity index (χ0v) is 11.5. The summed E-state index contributed by atoms with van der Waals surface area (Å²) in [6, 6.07) is 14.8. The number of hydrogen-bond donors (Lipinski definition) is 1. The summed E-state index contributed by atoms with van der Waals surface area (Å²) in [5.41, 5.74) is 3.61. The van der Waals surface area contributed by atoms with Crippen LogP contribution in [0.3, 0.4) is 0 Å². The predicted octanol–water partition coefficient (Wildman–Crippen LogP) is 3.13. The first-order valence-electron chi connectivity index (χ1n) is 6.78. The largest absolute Gasteiger partial charge is 0.313 e. The van der Waals surface area contributed by atoms with E-state index in [2.05, 4.69) is 51.7 Å². The highest BCUT2D eigenvalue weighted by atomic mass is 14.9. The van der Waals surface area contributed by atoms with Gasteiger partial charge in [-0.3, -0.25) is 9.97 Å². The molecule has 1 unspecified atom stereocenters. The fourth-order valence-electron chi connectivity index (χ4n) is 2.55. The molecule has 3 rings (SSSR count). The van der Waals surface area contributed by atoms with Crippen molar-refractivity contribution < 1.29 is 0 Å². The number of benzene rings is 1. The van der Waals surface area contributed by atoms with E-state index < -0.39 is 0 Å². The van der Waals surface area contributed by atoms with Crippen LogP contribution in [0, 0.1) is 0 Å². The normalized spacial score (nSPS) is 12.4. The first-order valence-corrected chi connectivity index (χ1v) is 6.78. The minimum Gasteiger partial charge on any atom is -0.313 e. The summed E-state index contributed by atoms with van der Waals surface area (Å²) < 4.78 is 0. The quantitative estimate of drug-likeness (QED) is 0.786. The second-order valence-electron chi connectivity index (χ2n) is 4.82. The Morgan fingerprint density at radius 3 is 2.65 bits per heavy atom. The molecule has 0 bridgehead atoms. The van der Waals surface area contributed by atoms with Crippen LogP contribution >= 0.6 is 0 Å². The molecule has 0 saturated carbocycles. The molecule has 20 heavy (non-hydrogen) atoms. The molecule has 3 heteroatoms. The zero-order chi connectivity index (χ0) is 13.8. The lowest BCUT2D eigenvalue weighted by Gasteiger charge is -2.18. The number of nitrogens with one attached hydrogen (secondary N) is 1. The topological polar surface area (TPSA) is 37.8 Å². The van der Waals surface area contributed by atoms with Gasteiger partial charge in [-0.25, -0.2) is 0 Å². The van der Waals surface area contributed by atoms with Gasteiger partial charge in [0.15, 0.2) is 0 Å². The average molecular weight is 263 g/mol. The van der Waals surface area contributed by atoms with Crippen LogP contribution in [0.4, 0.5) is 0 Å². The van der Waals surface area contributed by atoms with Gasteiger partial charge in [-0.1, -0.05) is 18.2 Å². The smallest absolute Gasteiger partial charge is 0.0705 e. The highest BCUT2D eigenvalue weighted by molar-refractivity contribution is 5.82. The van der Waals surface area contributed by atoms with Gasteiger partial charge in [0, 0.05) is 30.0 Å². The molecule has 0 fully saturated rings. The van der Waals surface area contributed by atoms with Crippen LogP contribution in [0.2, 0.25) is 0 Å². The average Bonchev–Trinajstić information content (AvgIpc) is 2.53. The number of pyridine rings is 2. The van der Waals surface area contributed by atoms with Crippen LogP contribution in [0.5, 0.6) is 0 Å². The first kappa shape index (κ1) is 12.8. The molecule has 1 N–H and O–H groups in total. The van der Waals surface area contributed by atoms with Crippen molar-refractivity contribution in [1.29, 1.82) is 0 Å². The Kier molecular flexibility index (Phi) is 3.70. The molecule has 0 aliphatic rings. The SMILES string of the molecule is CNC(Cc1ccncc1)c1cccc2ncccc12. The molecule has 0 saturated heterocycles. The van der Waals surface area contributed by atoms with Crippen molar-refractivity contribution in [3.63, 3.8) is 0 Å². The summed E-state index contributed by atoms with van der Waals surface area (Å²) in [6.45, 7) is 0. The summed E-state index contributed by atoms with van der Waals surface area (Å²) in [7, 11) is 2.00. The number of aromatic nitrogens is 2. The molecular formula is C17H17N3. The van der Waals surface area contributed by atoms with E-state index in [1.807, 2.05) is 31.7 Å². The van der Waals surface area contributed by atoms with Crippen molar-refractivity contribution in [2.24, 2.45) is 0 Å². The molecule has 0 radical (unpaired) electrons. The molecule has 2 aromatic heterocycles. The van der Waals surface area contributed by atoms with E-state index in [1.54, 1.807) is 0 Å². The summed E-state index contributed by atoms with van der Waals surface area (Å²) in [5, 5.41) is 4.62. The van der Waals surface area contributed by atoms with Crippen LogP contribution in [0.25, 0.3) is 10.9 Å². The van der Waals surface area contributed by atoms with Crippen molar-refractivity contribution >= 4 is 10.9 Å². The molecule has 1 aromatic carbocycles. The Labute approximate surface area is 118 Å². The van der Waals surface area contributed by atoms with E-state index in [1.165, 1.54) is 16.5 Å². The van der Waals surface area contributed by atoms with Crippen molar-refractivity contribution in [3.05, 3.63) is 72.2 Å². The van der Waals surface area contributed by atoms with Gasteiger partial charge in [0.2, 0.25) is 0 Å². The molecule has 0 spiro atoms. The summed E-state index contributed by atoms with van der Waals surface area (Å²) in [4.78, 5) is 8.50. The third-order valence-electron chi connectivity index (χ3n) is 3.59. The van der Waals surface area contributed by atoms with Crippen LogP contribution < -0.4 is 5.32 Å². The van der Waals surface area contributed by atoms with Gasteiger partial charge in [0.1, 0.15) is 0 Å². The third-order valence-corrected chi connectivity index (χ3v) is 3.59. The van der Waals surface area contributed by atoms with E-state index >= 15 is 0 Å². The van der Waals surface area contributed by atoms with Crippen molar-refractivity contribution in [2.45, 2.75) is 12.5 Å². The van der Waals surface area contributed by atoms with Crippen molar-refractivity contribution in [1.82, 2.24) is 15.3 Å². The van der Waals surface area contributed by atoms with Crippen LogP contribution in [-0.2, 0) is 6.42 Å². The van der Waals surface area contributed by atoms with Gasteiger partial charge in [0.25, 0.3) is 0 Å². The summed E-state index contributed by atoms with van der Waals surface area (Å²) in [6.07, 6.45) is 6.45. The molecule has 0 amide bonds. The van der Waals surface area contributed by atoms with Crippen LogP contribution in [-0.4, -0.2) is 17.0 Å². The predicted molar refractivity (Wildman–Crippen MR) is 81.5 cm³/mol. The molecule has 0 aliphatic heterocycles. The van der Waals surface area contributed by atoms with Crippen LogP contribution in [0.1, 0.15) is 17.2 Å². The first-order chi connectivity index (χ1) is 9.88. The number of nitrogens with zero attached hydrogens (tertiary/aromatic N) is 2. The lowest BCUT2D eigenvalue weighted by Crippen LogP contribution is -2.19. The molecule has 3 aromatic rings. The monoisotopic (exact) mass is 263 g/mol. The molecule has 1 atom stereocenters. The summed E-state index contributed by atoms with van der Waals surface area (Å²) in [5.74, 6) is 0. The van der Waals surface area contributed by atoms with Crippen molar-refractivity contribution in [2.75, 3.05) is 7.05 Å². The zero-order valence-electron chi connectivity index (χ0n) is 11.5. The maximum atomic E-state index is 4.43. The number of likely N-dealkylation sites (N-methyl/N-ethyl adjacent to an activating group) is 1. The fourth-order valence-corrected chi connectivity index (χ4v) is 2.55. The third kappa shape index (κ3) is 2.53. The maximum Gasteiger partial charge on any atom is 0.0705 e. The lowest BCUT2D eigenvalue weighted by atomic mass is 9.96. The van der Waals surface area contributed by atoms with Crippen molar-refractivity contribution in [3.8, 4) is 0 Å². The molecule has 100 valence electrons. The van der Waals surface area contributed by atoms with E-state index in [-0.39, 0.29) is 6.04 Å². The van der Waals surface area contributed by atoms with Gasteiger partial charge in [-0.2, -0.15) is 0 Å². The van der Waals surface area contributed by atoms with Gasteiger partial charge < -0.3 is 5.32 Å². The summed E-state index contributed by atoms with van der Waals surface area (Å²) >= 11 is 0. The standard InChI is InChI=1S/C17H17N3/c1-18-17(12-13-7-10-19-11-8-13)15-4-2-6-16-14(15)5-3-9-20-16/h2-11,17-18H,12H2,1H3. The molecular weight excluding hydrogens is 246 g/mol. The molecule has 0 aliphatic carbocycles. The Bertz CT molecular complexity index is 689. The van der Waals surface area contributed by atoms with Gasteiger partial charge >= 0.3 is 0 Å². The maximum absolute atomic E-state index is 4.43. The van der Waals surface area contributed by atoms with E-state index in [4.69, 9.17) is 0 Å². The minimum atomic E-state index is 0.269. The molecule has 3 nitrogen and oxygen atoms in total. The Balaban J connectivity index is 1.99. The Morgan fingerprint density at radius 1 is 1.00 bits per heavy atom. The van der Waals surface area contributed by atoms with Crippen LogP contribution in [0.15, 0.2) is 61.1 Å². The van der Waals surface area contributed by atoms with Gasteiger partial charge in [-0.15, -0.1) is 0 Å². The van der Waals surface area contributed by atoms with Gasteiger partial charge in [0.05, 0.1) is 5.52 Å². The number of hydrogen-bond acceptors (Lipinski definition) is 3. The lowest BCUT2D eigenvalue weighted by molar-refractivity contribution is 0.596. The van der Waals surface area contributed by atoms with E-state index in [9.17, 15) is 0 Å². The second kappa shape index (κ2) is 5.80. The second-order valence-corrected chi connectivity index (χ2v) is 4.82.